The van der Waals surface area contributed by atoms with E-state index in [9.17, 15) is 4.79 Å². The summed E-state index contributed by atoms with van der Waals surface area (Å²) in [6, 6.07) is 0. The second-order valence-electron chi connectivity index (χ2n) is 3.43. The van der Waals surface area contributed by atoms with Crippen LogP contribution in [-0.4, -0.2) is 50.8 Å². The number of amides is 1. The monoisotopic (exact) mass is 217 g/mol. The van der Waals surface area contributed by atoms with Gasteiger partial charge in [-0.05, 0) is 0 Å². The Morgan fingerprint density at radius 2 is 2.07 bits per heavy atom. The molecule has 0 aromatic carbocycles. The number of morpholine rings is 1. The lowest BCUT2D eigenvalue weighted by molar-refractivity contribution is -0.143. The van der Waals surface area contributed by atoms with E-state index < -0.39 is 0 Å². The lowest BCUT2D eigenvalue weighted by Gasteiger charge is -2.26. The van der Waals surface area contributed by atoms with Crippen LogP contribution in [0.4, 0.5) is 0 Å². The molecule has 90 valence electrons. The Labute approximate surface area is 92.5 Å². The zero-order chi connectivity index (χ0) is 11.5. The van der Waals surface area contributed by atoms with Crippen LogP contribution in [0, 0.1) is 0 Å². The summed E-state index contributed by atoms with van der Waals surface area (Å²) in [6.07, 6.45) is 2.64. The molecule has 0 aromatic heterocycles. The minimum atomic E-state index is 0.0632. The maximum atomic E-state index is 11.0. The largest absolute Gasteiger partial charge is 0.383 e. The van der Waals surface area contributed by atoms with E-state index in [2.05, 4.69) is 13.8 Å². The van der Waals surface area contributed by atoms with E-state index in [0.717, 1.165) is 0 Å². The highest BCUT2D eigenvalue weighted by molar-refractivity contribution is 5.77. The number of ether oxygens (including phenoxy) is 2. The van der Waals surface area contributed by atoms with Gasteiger partial charge in [-0.25, -0.2) is 0 Å². The summed E-state index contributed by atoms with van der Waals surface area (Å²) >= 11 is 0. The molecule has 1 rings (SSSR count). The topological polar surface area (TPSA) is 38.8 Å². The summed E-state index contributed by atoms with van der Waals surface area (Å²) in [4.78, 5) is 12.8. The number of carbonyl (C=O) groups excluding carboxylic acids is 1. The quantitative estimate of drug-likeness (QED) is 0.712. The van der Waals surface area contributed by atoms with Crippen molar-refractivity contribution >= 4 is 5.91 Å². The maximum Gasteiger partial charge on any atom is 0.248 e. The van der Waals surface area contributed by atoms with Crippen LogP contribution in [0.25, 0.3) is 0 Å². The summed E-state index contributed by atoms with van der Waals surface area (Å²) in [7, 11) is 1.63. The summed E-state index contributed by atoms with van der Waals surface area (Å²) in [6.45, 7) is 7.21. The molecule has 1 saturated heterocycles. The second-order valence-corrected chi connectivity index (χ2v) is 3.43. The van der Waals surface area contributed by atoms with Crippen molar-refractivity contribution in [3.05, 3.63) is 0 Å². The summed E-state index contributed by atoms with van der Waals surface area (Å²) < 4.78 is 9.82. The van der Waals surface area contributed by atoms with Crippen molar-refractivity contribution in [2.45, 2.75) is 26.7 Å². The average molecular weight is 217 g/mol. The van der Waals surface area contributed by atoms with Crippen LogP contribution in [0.15, 0.2) is 0 Å². The molecule has 1 fully saturated rings. The van der Waals surface area contributed by atoms with Crippen molar-refractivity contribution in [3.8, 4) is 0 Å². The van der Waals surface area contributed by atoms with Crippen molar-refractivity contribution in [1.82, 2.24) is 4.90 Å². The fourth-order valence-electron chi connectivity index (χ4n) is 0.988. The van der Waals surface area contributed by atoms with Gasteiger partial charge in [-0.3, -0.25) is 4.79 Å². The molecule has 0 atom stereocenters. The fourth-order valence-corrected chi connectivity index (χ4v) is 0.988. The molecule has 0 spiro atoms. The van der Waals surface area contributed by atoms with Crippen molar-refractivity contribution in [3.63, 3.8) is 0 Å². The number of nitrogens with zero attached hydrogens (tertiary/aromatic N) is 1. The second kappa shape index (κ2) is 9.93. The minimum Gasteiger partial charge on any atom is -0.383 e. The van der Waals surface area contributed by atoms with Crippen LogP contribution in [0.5, 0.6) is 0 Å². The van der Waals surface area contributed by atoms with Crippen LogP contribution >= 0.6 is 0 Å². The van der Waals surface area contributed by atoms with E-state index in [1.54, 1.807) is 12.0 Å². The predicted octanol–water partition coefficient (Wildman–Crippen LogP) is 1.30. The van der Waals surface area contributed by atoms with E-state index in [1.807, 2.05) is 0 Å². The van der Waals surface area contributed by atoms with Crippen LogP contribution < -0.4 is 0 Å². The van der Waals surface area contributed by atoms with Gasteiger partial charge in [0, 0.05) is 20.2 Å². The van der Waals surface area contributed by atoms with Gasteiger partial charge in [0.1, 0.15) is 6.61 Å². The molecule has 0 saturated carbocycles. The lowest BCUT2D eigenvalue weighted by Crippen LogP contribution is -2.43. The first-order chi connectivity index (χ1) is 7.26. The Balaban J connectivity index is 0.000000423. The number of carbonyl (C=O) groups is 1. The van der Waals surface area contributed by atoms with Crippen molar-refractivity contribution in [1.29, 1.82) is 0 Å². The molecular weight excluding hydrogens is 194 g/mol. The van der Waals surface area contributed by atoms with Gasteiger partial charge >= 0.3 is 0 Å². The highest BCUT2D eigenvalue weighted by Crippen LogP contribution is 1.97. The third kappa shape index (κ3) is 7.33. The van der Waals surface area contributed by atoms with Gasteiger partial charge in [-0.1, -0.05) is 26.7 Å². The van der Waals surface area contributed by atoms with E-state index >= 15 is 0 Å². The van der Waals surface area contributed by atoms with Crippen LogP contribution in [0.1, 0.15) is 26.7 Å². The summed E-state index contributed by atoms with van der Waals surface area (Å²) in [5.74, 6) is 0.0632. The lowest BCUT2D eigenvalue weighted by atomic mass is 10.4. The zero-order valence-electron chi connectivity index (χ0n) is 10.1. The van der Waals surface area contributed by atoms with Gasteiger partial charge in [-0.2, -0.15) is 0 Å². The average Bonchev–Trinajstić information content (AvgIpc) is 2.28. The maximum absolute atomic E-state index is 11.0. The van der Waals surface area contributed by atoms with Gasteiger partial charge in [-0.15, -0.1) is 0 Å². The van der Waals surface area contributed by atoms with Crippen molar-refractivity contribution in [2.75, 3.05) is 40.0 Å². The SMILES string of the molecule is CCCC.COCCN1CCOCC1=O. The molecule has 0 aromatic rings. The smallest absolute Gasteiger partial charge is 0.248 e. The highest BCUT2D eigenvalue weighted by Gasteiger charge is 2.17. The number of hydrogen-bond acceptors (Lipinski definition) is 3. The Morgan fingerprint density at radius 1 is 1.40 bits per heavy atom. The van der Waals surface area contributed by atoms with E-state index in [4.69, 9.17) is 9.47 Å². The molecule has 4 heteroatoms. The molecular formula is C11H23NO3. The molecule has 1 heterocycles. The van der Waals surface area contributed by atoms with Crippen molar-refractivity contribution < 1.29 is 14.3 Å². The fraction of sp³-hybridized carbons (Fsp3) is 0.909. The molecule has 1 aliphatic rings. The Kier molecular flexibility index (Phi) is 9.52. The van der Waals surface area contributed by atoms with Gasteiger partial charge in [0.05, 0.1) is 13.2 Å². The van der Waals surface area contributed by atoms with Gasteiger partial charge in [0.2, 0.25) is 5.91 Å². The Bertz CT molecular complexity index is 160. The standard InChI is InChI=1S/C7H13NO3.C4H10/c1-10-4-2-8-3-5-11-6-7(8)9;1-3-4-2/h2-6H2,1H3;3-4H2,1-2H3. The first-order valence-corrected chi connectivity index (χ1v) is 5.60. The molecule has 0 unspecified atom stereocenters. The van der Waals surface area contributed by atoms with Crippen LogP contribution in [0.3, 0.4) is 0 Å². The van der Waals surface area contributed by atoms with E-state index in [0.29, 0.717) is 26.3 Å². The first kappa shape index (κ1) is 14.4. The molecule has 15 heavy (non-hydrogen) atoms. The number of unbranched alkanes of at least 4 members (excludes halogenated alkanes) is 1. The first-order valence-electron chi connectivity index (χ1n) is 5.60. The van der Waals surface area contributed by atoms with Gasteiger partial charge < -0.3 is 14.4 Å². The third-order valence-corrected chi connectivity index (χ3v) is 2.15. The van der Waals surface area contributed by atoms with Gasteiger partial charge in [0.15, 0.2) is 0 Å². The summed E-state index contributed by atoms with van der Waals surface area (Å²) in [5, 5.41) is 0. The molecule has 1 amide bonds. The highest BCUT2D eigenvalue weighted by atomic mass is 16.5. The Morgan fingerprint density at radius 3 is 2.53 bits per heavy atom. The number of rotatable bonds is 4. The molecule has 4 nitrogen and oxygen atoms in total. The summed E-state index contributed by atoms with van der Waals surface area (Å²) in [5.41, 5.74) is 0. The Hall–Kier alpha value is -0.610. The van der Waals surface area contributed by atoms with Crippen LogP contribution in [0.2, 0.25) is 0 Å². The molecule has 0 N–H and O–H groups in total. The molecule has 0 aliphatic carbocycles. The predicted molar refractivity (Wildman–Crippen MR) is 59.9 cm³/mol. The van der Waals surface area contributed by atoms with Crippen molar-refractivity contribution in [2.24, 2.45) is 0 Å². The molecule has 0 bridgehead atoms. The van der Waals surface area contributed by atoms with Crippen LogP contribution in [-0.2, 0) is 14.3 Å². The number of hydrogen-bond donors (Lipinski definition) is 0. The van der Waals surface area contributed by atoms with E-state index in [1.165, 1.54) is 12.8 Å². The zero-order valence-corrected chi connectivity index (χ0v) is 10.1. The molecule has 0 radical (unpaired) electrons. The van der Waals surface area contributed by atoms with E-state index in [-0.39, 0.29) is 12.5 Å². The van der Waals surface area contributed by atoms with Gasteiger partial charge in [0.25, 0.3) is 0 Å². The molecule has 1 aliphatic heterocycles. The number of methoxy groups -OCH3 is 1. The normalized spacial score (nSPS) is 15.9. The minimum absolute atomic E-state index is 0.0632. The third-order valence-electron chi connectivity index (χ3n) is 2.15.